The Morgan fingerprint density at radius 1 is 1.12 bits per heavy atom. The second kappa shape index (κ2) is 6.37. The van der Waals surface area contributed by atoms with Gasteiger partial charge in [0.2, 0.25) is 0 Å². The molecule has 2 aromatic carbocycles. The molecule has 5 nitrogen and oxygen atoms in total. The molecule has 0 atom stereocenters. The molecule has 1 aliphatic rings. The Morgan fingerprint density at radius 2 is 1.92 bits per heavy atom. The lowest BCUT2D eigenvalue weighted by Crippen LogP contribution is -2.17. The van der Waals surface area contributed by atoms with E-state index in [-0.39, 0.29) is 5.91 Å². The van der Waals surface area contributed by atoms with Crippen molar-refractivity contribution in [3.05, 3.63) is 47.5 Å². The second-order valence-electron chi connectivity index (χ2n) is 6.21. The molecular formula is C19H18N2O3S. The van der Waals surface area contributed by atoms with Gasteiger partial charge in [-0.1, -0.05) is 31.3 Å². The Labute approximate surface area is 149 Å². The van der Waals surface area contributed by atoms with Gasteiger partial charge in [-0.3, -0.25) is 10.1 Å². The molecular weight excluding hydrogens is 336 g/mol. The fourth-order valence-corrected chi connectivity index (χ4v) is 3.62. The molecule has 0 bridgehead atoms. The third kappa shape index (κ3) is 3.17. The van der Waals surface area contributed by atoms with Crippen LogP contribution in [0.2, 0.25) is 0 Å². The van der Waals surface area contributed by atoms with Crippen LogP contribution < -0.4 is 14.8 Å². The van der Waals surface area contributed by atoms with Gasteiger partial charge in [0.05, 0.1) is 10.2 Å². The number of fused-ring (bicyclic) bond motifs is 2. The van der Waals surface area contributed by atoms with Gasteiger partial charge in [-0.15, -0.1) is 0 Å². The molecule has 25 heavy (non-hydrogen) atoms. The first kappa shape index (κ1) is 15.9. The number of aromatic nitrogens is 1. The number of benzene rings is 2. The average molecular weight is 354 g/mol. The first-order chi connectivity index (χ1) is 12.1. The van der Waals surface area contributed by atoms with Crippen LogP contribution in [0.25, 0.3) is 10.2 Å². The quantitative estimate of drug-likeness (QED) is 0.755. The van der Waals surface area contributed by atoms with Gasteiger partial charge in [-0.25, -0.2) is 4.98 Å². The highest BCUT2D eigenvalue weighted by Gasteiger charge is 2.16. The molecule has 0 spiro atoms. The molecule has 1 amide bonds. The zero-order valence-electron chi connectivity index (χ0n) is 14.0. The van der Waals surface area contributed by atoms with Gasteiger partial charge in [0, 0.05) is 5.56 Å². The van der Waals surface area contributed by atoms with Crippen molar-refractivity contribution in [3.63, 3.8) is 0 Å². The minimum atomic E-state index is -0.208. The number of carbonyl (C=O) groups excluding carboxylic acids is 1. The van der Waals surface area contributed by atoms with Crippen molar-refractivity contribution in [3.8, 4) is 11.5 Å². The van der Waals surface area contributed by atoms with E-state index in [4.69, 9.17) is 9.47 Å². The van der Waals surface area contributed by atoms with Gasteiger partial charge >= 0.3 is 0 Å². The number of rotatable bonds is 3. The molecule has 4 rings (SSSR count). The van der Waals surface area contributed by atoms with Crippen LogP contribution in [-0.2, 0) is 0 Å². The summed E-state index contributed by atoms with van der Waals surface area (Å²) in [6, 6.07) is 11.4. The van der Waals surface area contributed by atoms with Gasteiger partial charge in [0.1, 0.15) is 13.2 Å². The maximum Gasteiger partial charge on any atom is 0.257 e. The Bertz CT molecular complexity index is 949. The van der Waals surface area contributed by atoms with Gasteiger partial charge in [0.25, 0.3) is 5.91 Å². The summed E-state index contributed by atoms with van der Waals surface area (Å²) < 4.78 is 12.1. The predicted octanol–water partition coefficient (Wildman–Crippen LogP) is 4.44. The SMILES string of the molecule is CC(C)c1ccc2nc(NC(=O)c3ccc4c(c3)OCCO4)sc2c1. The second-order valence-corrected chi connectivity index (χ2v) is 7.24. The van der Waals surface area contributed by atoms with E-state index in [1.165, 1.54) is 16.9 Å². The lowest BCUT2D eigenvalue weighted by Gasteiger charge is -2.18. The fourth-order valence-electron chi connectivity index (χ4n) is 2.71. The molecule has 2 heterocycles. The van der Waals surface area contributed by atoms with Gasteiger partial charge in [0.15, 0.2) is 16.6 Å². The molecule has 1 aliphatic heterocycles. The minimum absolute atomic E-state index is 0.208. The maximum atomic E-state index is 12.5. The third-order valence-electron chi connectivity index (χ3n) is 4.10. The number of ether oxygens (including phenoxy) is 2. The smallest absolute Gasteiger partial charge is 0.257 e. The molecule has 0 unspecified atom stereocenters. The average Bonchev–Trinajstić information content (AvgIpc) is 3.02. The van der Waals surface area contributed by atoms with E-state index in [2.05, 4.69) is 36.3 Å². The largest absolute Gasteiger partial charge is 0.486 e. The van der Waals surface area contributed by atoms with Crippen LogP contribution in [0.3, 0.4) is 0 Å². The number of nitrogens with one attached hydrogen (secondary N) is 1. The van der Waals surface area contributed by atoms with Crippen molar-refractivity contribution in [2.24, 2.45) is 0 Å². The third-order valence-corrected chi connectivity index (χ3v) is 5.04. The van der Waals surface area contributed by atoms with Gasteiger partial charge in [-0.05, 0) is 41.8 Å². The van der Waals surface area contributed by atoms with Crippen molar-refractivity contribution < 1.29 is 14.3 Å². The van der Waals surface area contributed by atoms with Crippen LogP contribution in [0.4, 0.5) is 5.13 Å². The standard InChI is InChI=1S/C19H18N2O3S/c1-11(2)12-3-5-14-17(10-12)25-19(20-14)21-18(22)13-4-6-15-16(9-13)24-8-7-23-15/h3-6,9-11H,7-8H2,1-2H3,(H,20,21,22). The molecule has 6 heteroatoms. The minimum Gasteiger partial charge on any atom is -0.486 e. The lowest BCUT2D eigenvalue weighted by atomic mass is 10.0. The van der Waals surface area contributed by atoms with E-state index in [0.29, 0.717) is 41.3 Å². The van der Waals surface area contributed by atoms with Crippen molar-refractivity contribution in [1.29, 1.82) is 0 Å². The van der Waals surface area contributed by atoms with Crippen LogP contribution in [-0.4, -0.2) is 24.1 Å². The van der Waals surface area contributed by atoms with Crippen molar-refractivity contribution in [2.45, 2.75) is 19.8 Å². The van der Waals surface area contributed by atoms with E-state index < -0.39 is 0 Å². The summed E-state index contributed by atoms with van der Waals surface area (Å²) in [7, 11) is 0. The topological polar surface area (TPSA) is 60.5 Å². The summed E-state index contributed by atoms with van der Waals surface area (Å²) in [6.45, 7) is 5.34. The monoisotopic (exact) mass is 354 g/mol. The molecule has 0 saturated carbocycles. The zero-order valence-corrected chi connectivity index (χ0v) is 14.9. The number of nitrogens with zero attached hydrogens (tertiary/aromatic N) is 1. The molecule has 0 saturated heterocycles. The number of thiazole rings is 1. The first-order valence-electron chi connectivity index (χ1n) is 8.21. The molecule has 0 radical (unpaired) electrons. The maximum absolute atomic E-state index is 12.5. The molecule has 0 aliphatic carbocycles. The summed E-state index contributed by atoms with van der Waals surface area (Å²) in [5, 5.41) is 3.47. The van der Waals surface area contributed by atoms with Crippen LogP contribution in [0, 0.1) is 0 Å². The highest BCUT2D eigenvalue weighted by molar-refractivity contribution is 7.22. The molecule has 0 fully saturated rings. The summed E-state index contributed by atoms with van der Waals surface area (Å²) >= 11 is 1.48. The number of amides is 1. The summed E-state index contributed by atoms with van der Waals surface area (Å²) in [5.74, 6) is 1.52. The van der Waals surface area contributed by atoms with Crippen LogP contribution >= 0.6 is 11.3 Å². The fraction of sp³-hybridized carbons (Fsp3) is 0.263. The van der Waals surface area contributed by atoms with Crippen LogP contribution in [0.15, 0.2) is 36.4 Å². The number of carbonyl (C=O) groups is 1. The van der Waals surface area contributed by atoms with Crippen molar-refractivity contribution in [1.82, 2.24) is 4.98 Å². The van der Waals surface area contributed by atoms with E-state index >= 15 is 0 Å². The van der Waals surface area contributed by atoms with E-state index in [1.54, 1.807) is 18.2 Å². The predicted molar refractivity (Wildman–Crippen MR) is 99.1 cm³/mol. The highest BCUT2D eigenvalue weighted by Crippen LogP contribution is 2.32. The number of hydrogen-bond donors (Lipinski definition) is 1. The van der Waals surface area contributed by atoms with Crippen molar-refractivity contribution in [2.75, 3.05) is 18.5 Å². The lowest BCUT2D eigenvalue weighted by molar-refractivity contribution is 0.102. The summed E-state index contributed by atoms with van der Waals surface area (Å²) in [5.41, 5.74) is 2.68. The summed E-state index contributed by atoms with van der Waals surface area (Å²) in [6.07, 6.45) is 0. The number of hydrogen-bond acceptors (Lipinski definition) is 5. The molecule has 128 valence electrons. The Balaban J connectivity index is 1.57. The number of anilines is 1. The zero-order chi connectivity index (χ0) is 17.4. The first-order valence-corrected chi connectivity index (χ1v) is 9.03. The normalized spacial score (nSPS) is 13.2. The molecule has 1 aromatic heterocycles. The Morgan fingerprint density at radius 3 is 2.72 bits per heavy atom. The molecule has 1 N–H and O–H groups in total. The Hall–Kier alpha value is -2.60. The van der Waals surface area contributed by atoms with Crippen LogP contribution in [0.1, 0.15) is 35.7 Å². The van der Waals surface area contributed by atoms with Crippen LogP contribution in [0.5, 0.6) is 11.5 Å². The van der Waals surface area contributed by atoms with E-state index in [0.717, 1.165) is 10.2 Å². The Kier molecular flexibility index (Phi) is 4.05. The van der Waals surface area contributed by atoms with E-state index in [1.807, 2.05) is 6.07 Å². The van der Waals surface area contributed by atoms with Crippen molar-refractivity contribution >= 4 is 32.6 Å². The van der Waals surface area contributed by atoms with Gasteiger partial charge < -0.3 is 9.47 Å². The van der Waals surface area contributed by atoms with Gasteiger partial charge in [-0.2, -0.15) is 0 Å². The highest BCUT2D eigenvalue weighted by atomic mass is 32.1. The van der Waals surface area contributed by atoms with E-state index in [9.17, 15) is 4.79 Å². The molecule has 3 aromatic rings. The summed E-state index contributed by atoms with van der Waals surface area (Å²) in [4.78, 5) is 17.0.